The van der Waals surface area contributed by atoms with E-state index in [0.29, 0.717) is 0 Å². The number of rotatable bonds is 6. The van der Waals surface area contributed by atoms with E-state index in [4.69, 9.17) is 10.8 Å². The Labute approximate surface area is 109 Å². The predicted molar refractivity (Wildman–Crippen MR) is 67.6 cm³/mol. The number of nitrogens with two attached hydrogens (primary N) is 1. The van der Waals surface area contributed by atoms with E-state index in [9.17, 15) is 17.2 Å². The first-order chi connectivity index (χ1) is 8.72. The van der Waals surface area contributed by atoms with E-state index in [0.717, 1.165) is 6.07 Å². The van der Waals surface area contributed by atoms with E-state index in [1.807, 2.05) is 0 Å². The Kier molecular flexibility index (Phi) is 4.66. The number of nitrogens with one attached hydrogen (secondary N) is 2. The Morgan fingerprint density at radius 2 is 2.05 bits per heavy atom. The van der Waals surface area contributed by atoms with Crippen LogP contribution in [0.1, 0.15) is 0 Å². The highest BCUT2D eigenvalue weighted by Crippen LogP contribution is 2.23. The smallest absolute Gasteiger partial charge is 0.287 e. The van der Waals surface area contributed by atoms with Crippen LogP contribution in [0, 0.1) is 0 Å². The SMILES string of the molecule is CNS(=O)(=O)c1ccc(NCC(F)(F)CO)c(N)c1. The molecule has 0 fully saturated rings. The summed E-state index contributed by atoms with van der Waals surface area (Å²) in [5.74, 6) is -3.28. The van der Waals surface area contributed by atoms with Gasteiger partial charge in [0.2, 0.25) is 10.0 Å². The molecule has 0 aromatic heterocycles. The van der Waals surface area contributed by atoms with Crippen molar-refractivity contribution in [3.8, 4) is 0 Å². The second kappa shape index (κ2) is 5.68. The van der Waals surface area contributed by atoms with Gasteiger partial charge in [0.1, 0.15) is 6.61 Å². The minimum atomic E-state index is -3.63. The zero-order valence-electron chi connectivity index (χ0n) is 10.2. The molecule has 6 nitrogen and oxygen atoms in total. The minimum absolute atomic E-state index is 0.0186. The molecule has 0 saturated heterocycles. The number of aliphatic hydroxyl groups is 1. The fourth-order valence-corrected chi connectivity index (χ4v) is 2.03. The average molecular weight is 295 g/mol. The monoisotopic (exact) mass is 295 g/mol. The molecular weight excluding hydrogens is 280 g/mol. The van der Waals surface area contributed by atoms with Crippen LogP contribution in [-0.2, 0) is 10.0 Å². The number of nitrogen functional groups attached to an aromatic ring is 1. The molecule has 0 saturated carbocycles. The molecule has 5 N–H and O–H groups in total. The normalized spacial score (nSPS) is 12.4. The zero-order chi connectivity index (χ0) is 14.7. The van der Waals surface area contributed by atoms with Gasteiger partial charge in [-0.2, -0.15) is 0 Å². The number of sulfonamides is 1. The number of anilines is 2. The van der Waals surface area contributed by atoms with Gasteiger partial charge < -0.3 is 16.2 Å². The van der Waals surface area contributed by atoms with Crippen molar-refractivity contribution in [1.82, 2.24) is 4.72 Å². The lowest BCUT2D eigenvalue weighted by Gasteiger charge is -2.16. The summed E-state index contributed by atoms with van der Waals surface area (Å²) in [5, 5.41) is 10.8. The molecule has 9 heteroatoms. The maximum Gasteiger partial charge on any atom is 0.287 e. The summed E-state index contributed by atoms with van der Waals surface area (Å²) < 4.78 is 50.8. The van der Waals surface area contributed by atoms with Crippen molar-refractivity contribution in [2.24, 2.45) is 0 Å². The Bertz CT molecular complexity index is 549. The minimum Gasteiger partial charge on any atom is -0.397 e. The first kappa shape index (κ1) is 15.6. The molecule has 0 bridgehead atoms. The van der Waals surface area contributed by atoms with Gasteiger partial charge in [-0.3, -0.25) is 0 Å². The lowest BCUT2D eigenvalue weighted by atomic mass is 10.2. The van der Waals surface area contributed by atoms with Crippen LogP contribution in [0.15, 0.2) is 23.1 Å². The van der Waals surface area contributed by atoms with Crippen LogP contribution in [0.3, 0.4) is 0 Å². The highest BCUT2D eigenvalue weighted by molar-refractivity contribution is 7.89. The molecule has 108 valence electrons. The van der Waals surface area contributed by atoms with Crippen LogP contribution in [-0.4, -0.2) is 39.6 Å². The standard InChI is InChI=1S/C10H15F2N3O3S/c1-14-19(17,18)7-2-3-9(8(13)4-7)15-5-10(11,12)6-16/h2-4,14-16H,5-6,13H2,1H3. The van der Waals surface area contributed by atoms with Gasteiger partial charge in [-0.25, -0.2) is 21.9 Å². The van der Waals surface area contributed by atoms with Gasteiger partial charge in [0.15, 0.2) is 0 Å². The summed E-state index contributed by atoms with van der Waals surface area (Å²) in [6.45, 7) is -2.09. The van der Waals surface area contributed by atoms with E-state index in [1.54, 1.807) is 0 Å². The summed E-state index contributed by atoms with van der Waals surface area (Å²) in [6.07, 6.45) is 0. The van der Waals surface area contributed by atoms with Crippen molar-refractivity contribution in [1.29, 1.82) is 0 Å². The van der Waals surface area contributed by atoms with Crippen molar-refractivity contribution in [3.05, 3.63) is 18.2 Å². The molecule has 0 atom stereocenters. The van der Waals surface area contributed by atoms with Crippen molar-refractivity contribution < 1.29 is 22.3 Å². The highest BCUT2D eigenvalue weighted by Gasteiger charge is 2.27. The second-order valence-corrected chi connectivity index (χ2v) is 5.71. The van der Waals surface area contributed by atoms with Gasteiger partial charge >= 0.3 is 0 Å². The lowest BCUT2D eigenvalue weighted by molar-refractivity contribution is -0.0372. The largest absolute Gasteiger partial charge is 0.397 e. The molecule has 0 heterocycles. The average Bonchev–Trinajstić information content (AvgIpc) is 2.37. The van der Waals surface area contributed by atoms with E-state index in [1.165, 1.54) is 19.2 Å². The Morgan fingerprint density at radius 1 is 1.42 bits per heavy atom. The number of hydrogen-bond acceptors (Lipinski definition) is 5. The fourth-order valence-electron chi connectivity index (χ4n) is 1.27. The Balaban J connectivity index is 2.90. The van der Waals surface area contributed by atoms with Crippen LogP contribution in [0.2, 0.25) is 0 Å². The molecule has 0 radical (unpaired) electrons. The topological polar surface area (TPSA) is 104 Å². The third-order valence-corrected chi connectivity index (χ3v) is 3.78. The van der Waals surface area contributed by atoms with Gasteiger partial charge in [-0.1, -0.05) is 0 Å². The van der Waals surface area contributed by atoms with Gasteiger partial charge in [-0.15, -0.1) is 0 Å². The van der Waals surface area contributed by atoms with E-state index < -0.39 is 29.1 Å². The van der Waals surface area contributed by atoms with Gasteiger partial charge in [0.25, 0.3) is 5.92 Å². The first-order valence-electron chi connectivity index (χ1n) is 5.27. The van der Waals surface area contributed by atoms with Gasteiger partial charge in [0, 0.05) is 0 Å². The van der Waals surface area contributed by atoms with Gasteiger partial charge in [0.05, 0.1) is 22.8 Å². The van der Waals surface area contributed by atoms with Gasteiger partial charge in [-0.05, 0) is 25.2 Å². The zero-order valence-corrected chi connectivity index (χ0v) is 11.0. The van der Waals surface area contributed by atoms with E-state index in [2.05, 4.69) is 10.0 Å². The summed E-state index contributed by atoms with van der Waals surface area (Å²) >= 11 is 0. The molecule has 1 aromatic rings. The summed E-state index contributed by atoms with van der Waals surface area (Å²) in [7, 11) is -2.38. The van der Waals surface area contributed by atoms with Crippen LogP contribution in [0.25, 0.3) is 0 Å². The van der Waals surface area contributed by atoms with Crippen LogP contribution < -0.4 is 15.8 Å². The van der Waals surface area contributed by atoms with E-state index in [-0.39, 0.29) is 16.3 Å². The number of halogens is 2. The third-order valence-electron chi connectivity index (χ3n) is 2.37. The number of aliphatic hydroxyl groups excluding tert-OH is 1. The van der Waals surface area contributed by atoms with Crippen molar-refractivity contribution in [2.75, 3.05) is 31.2 Å². The van der Waals surface area contributed by atoms with E-state index >= 15 is 0 Å². The maximum absolute atomic E-state index is 12.8. The second-order valence-electron chi connectivity index (χ2n) is 3.82. The molecule has 1 rings (SSSR count). The fraction of sp³-hybridized carbons (Fsp3) is 0.400. The highest BCUT2D eigenvalue weighted by atomic mass is 32.2. The van der Waals surface area contributed by atoms with Crippen molar-refractivity contribution in [3.63, 3.8) is 0 Å². The van der Waals surface area contributed by atoms with Crippen LogP contribution >= 0.6 is 0 Å². The molecule has 1 aromatic carbocycles. The molecular formula is C10H15F2N3O3S. The summed E-state index contributed by atoms with van der Waals surface area (Å²) in [5.41, 5.74) is 5.77. The molecule has 0 aliphatic rings. The van der Waals surface area contributed by atoms with Crippen molar-refractivity contribution in [2.45, 2.75) is 10.8 Å². The molecule has 0 amide bonds. The Morgan fingerprint density at radius 3 is 2.53 bits per heavy atom. The summed E-state index contributed by atoms with van der Waals surface area (Å²) in [6, 6.07) is 3.68. The molecule has 0 spiro atoms. The first-order valence-corrected chi connectivity index (χ1v) is 6.76. The molecule has 0 aliphatic heterocycles. The number of alkyl halides is 2. The number of hydrogen-bond donors (Lipinski definition) is 4. The molecule has 0 unspecified atom stereocenters. The number of benzene rings is 1. The quantitative estimate of drug-likeness (QED) is 0.562. The lowest BCUT2D eigenvalue weighted by Crippen LogP contribution is -2.31. The maximum atomic E-state index is 12.8. The molecule has 19 heavy (non-hydrogen) atoms. The van der Waals surface area contributed by atoms with Crippen molar-refractivity contribution >= 4 is 21.4 Å². The molecule has 0 aliphatic carbocycles. The van der Waals surface area contributed by atoms with Crippen LogP contribution in [0.5, 0.6) is 0 Å². The summed E-state index contributed by atoms with van der Waals surface area (Å²) in [4.78, 5) is -0.0630. The van der Waals surface area contributed by atoms with Crippen LogP contribution in [0.4, 0.5) is 20.2 Å². The Hall–Kier alpha value is -1.45. The predicted octanol–water partition coefficient (Wildman–Crippen LogP) is 0.216. The third kappa shape index (κ3) is 4.01.